The number of nitrogens with one attached hydrogen (secondary N) is 1. The molecule has 3 N–H and O–H groups in total. The van der Waals surface area contributed by atoms with Crippen molar-refractivity contribution in [2.45, 2.75) is 39.2 Å². The van der Waals surface area contributed by atoms with Crippen LogP contribution in [-0.4, -0.2) is 15.4 Å². The zero-order valence-corrected chi connectivity index (χ0v) is 10.8. The summed E-state index contributed by atoms with van der Waals surface area (Å²) in [6.07, 6.45) is 3.63. The fourth-order valence-corrected chi connectivity index (χ4v) is 2.23. The highest BCUT2D eigenvalue weighted by atomic mass is 15.1. The van der Waals surface area contributed by atoms with Gasteiger partial charge in [-0.15, -0.1) is 0 Å². The van der Waals surface area contributed by atoms with Gasteiger partial charge in [0.25, 0.3) is 0 Å². The third kappa shape index (κ3) is 2.70. The first kappa shape index (κ1) is 12.6. The van der Waals surface area contributed by atoms with Gasteiger partial charge in [-0.25, -0.2) is 4.98 Å². The first-order valence-electron chi connectivity index (χ1n) is 6.49. The minimum Gasteiger partial charge on any atom is -0.388 e. The highest BCUT2D eigenvalue weighted by Crippen LogP contribution is 2.17. The van der Waals surface area contributed by atoms with E-state index in [1.54, 1.807) is 0 Å². The second-order valence-corrected chi connectivity index (χ2v) is 4.50. The second-order valence-electron chi connectivity index (χ2n) is 4.50. The number of benzene rings is 1. The molecule has 0 saturated heterocycles. The Kier molecular flexibility index (Phi) is 3.97. The maximum absolute atomic E-state index is 7.22. The molecule has 0 amide bonds. The van der Waals surface area contributed by atoms with Crippen molar-refractivity contribution in [3.63, 3.8) is 0 Å². The molecule has 4 nitrogen and oxygen atoms in total. The number of hydrogen-bond acceptors (Lipinski definition) is 2. The minimum atomic E-state index is 0.279. The van der Waals surface area contributed by atoms with E-state index < -0.39 is 0 Å². The number of aromatic nitrogens is 2. The number of nitrogens with two attached hydrogens (primary N) is 1. The van der Waals surface area contributed by atoms with Crippen LogP contribution in [-0.2, 0) is 13.0 Å². The van der Waals surface area contributed by atoms with Crippen molar-refractivity contribution < 1.29 is 0 Å². The molecular formula is C14H20N4. The standard InChI is InChI=1S/C14H20N4/c1-2-14-17-11-7-3-4-8-12(11)18(14)10-6-5-9-13(15)16/h3-4,7-8H,2,5-6,9-10H2,1H3,(H3,15,16). The largest absolute Gasteiger partial charge is 0.388 e. The molecule has 0 atom stereocenters. The number of hydrogen-bond donors (Lipinski definition) is 2. The number of unbranched alkanes of at least 4 members (excludes halogenated alkanes) is 1. The van der Waals surface area contributed by atoms with Crippen LogP contribution in [0.4, 0.5) is 0 Å². The van der Waals surface area contributed by atoms with E-state index in [0.717, 1.165) is 37.1 Å². The summed E-state index contributed by atoms with van der Waals surface area (Å²) >= 11 is 0. The molecule has 0 aliphatic rings. The first-order valence-corrected chi connectivity index (χ1v) is 6.49. The third-order valence-corrected chi connectivity index (χ3v) is 3.13. The lowest BCUT2D eigenvalue weighted by Gasteiger charge is -2.07. The lowest BCUT2D eigenvalue weighted by Crippen LogP contribution is -2.09. The topological polar surface area (TPSA) is 67.7 Å². The Hall–Kier alpha value is -1.84. The van der Waals surface area contributed by atoms with E-state index in [1.165, 1.54) is 5.52 Å². The second kappa shape index (κ2) is 5.67. The number of para-hydroxylation sites is 2. The Bertz CT molecular complexity index is 542. The summed E-state index contributed by atoms with van der Waals surface area (Å²) in [6, 6.07) is 8.25. The van der Waals surface area contributed by atoms with Crippen molar-refractivity contribution in [1.29, 1.82) is 5.41 Å². The molecule has 0 radical (unpaired) electrons. The lowest BCUT2D eigenvalue weighted by atomic mass is 10.2. The Balaban J connectivity index is 2.13. The van der Waals surface area contributed by atoms with E-state index in [2.05, 4.69) is 34.7 Å². The van der Waals surface area contributed by atoms with Gasteiger partial charge in [-0.1, -0.05) is 19.1 Å². The van der Waals surface area contributed by atoms with Crippen molar-refractivity contribution in [2.75, 3.05) is 0 Å². The van der Waals surface area contributed by atoms with Crippen LogP contribution >= 0.6 is 0 Å². The molecule has 4 heteroatoms. The van der Waals surface area contributed by atoms with Crippen LogP contribution in [0.2, 0.25) is 0 Å². The van der Waals surface area contributed by atoms with Crippen molar-refractivity contribution in [1.82, 2.24) is 9.55 Å². The molecule has 0 bridgehead atoms. The highest BCUT2D eigenvalue weighted by molar-refractivity contribution is 5.77. The van der Waals surface area contributed by atoms with Crippen LogP contribution in [0, 0.1) is 5.41 Å². The summed E-state index contributed by atoms with van der Waals surface area (Å²) < 4.78 is 2.29. The van der Waals surface area contributed by atoms with Crippen LogP contribution in [0.3, 0.4) is 0 Å². The summed E-state index contributed by atoms with van der Waals surface area (Å²) in [7, 11) is 0. The number of aryl methyl sites for hydroxylation is 2. The number of nitrogens with zero attached hydrogens (tertiary/aromatic N) is 2. The van der Waals surface area contributed by atoms with Gasteiger partial charge in [-0.3, -0.25) is 5.41 Å². The Morgan fingerprint density at radius 1 is 1.33 bits per heavy atom. The maximum atomic E-state index is 7.22. The van der Waals surface area contributed by atoms with Crippen LogP contribution < -0.4 is 5.73 Å². The molecule has 2 aromatic rings. The smallest absolute Gasteiger partial charge is 0.109 e. The summed E-state index contributed by atoms with van der Waals surface area (Å²) in [4.78, 5) is 4.64. The number of rotatable bonds is 6. The summed E-state index contributed by atoms with van der Waals surface area (Å²) in [5.41, 5.74) is 7.64. The average Bonchev–Trinajstić information content (AvgIpc) is 2.72. The predicted molar refractivity (Wildman–Crippen MR) is 74.9 cm³/mol. The van der Waals surface area contributed by atoms with Crippen LogP contribution in [0.5, 0.6) is 0 Å². The number of fused-ring (bicyclic) bond motifs is 1. The summed E-state index contributed by atoms with van der Waals surface area (Å²) in [5.74, 6) is 1.42. The fraction of sp³-hybridized carbons (Fsp3) is 0.429. The summed E-state index contributed by atoms with van der Waals surface area (Å²) in [6.45, 7) is 3.09. The zero-order chi connectivity index (χ0) is 13.0. The molecule has 0 aliphatic carbocycles. The van der Waals surface area contributed by atoms with E-state index in [4.69, 9.17) is 11.1 Å². The van der Waals surface area contributed by atoms with Crippen LogP contribution in [0.15, 0.2) is 24.3 Å². The van der Waals surface area contributed by atoms with Gasteiger partial charge in [-0.2, -0.15) is 0 Å². The van der Waals surface area contributed by atoms with Gasteiger partial charge in [0.1, 0.15) is 5.82 Å². The van der Waals surface area contributed by atoms with E-state index in [1.807, 2.05) is 6.07 Å². The fourth-order valence-electron chi connectivity index (χ4n) is 2.23. The van der Waals surface area contributed by atoms with E-state index in [0.29, 0.717) is 6.42 Å². The molecule has 0 aliphatic heterocycles. The highest BCUT2D eigenvalue weighted by Gasteiger charge is 2.07. The predicted octanol–water partition coefficient (Wildman–Crippen LogP) is 2.70. The van der Waals surface area contributed by atoms with Gasteiger partial charge in [0, 0.05) is 19.4 Å². The van der Waals surface area contributed by atoms with Crippen molar-refractivity contribution in [2.24, 2.45) is 5.73 Å². The number of imidazole rings is 1. The minimum absolute atomic E-state index is 0.279. The van der Waals surface area contributed by atoms with Gasteiger partial charge in [0.15, 0.2) is 0 Å². The lowest BCUT2D eigenvalue weighted by molar-refractivity contribution is 0.608. The van der Waals surface area contributed by atoms with Gasteiger partial charge >= 0.3 is 0 Å². The van der Waals surface area contributed by atoms with Gasteiger partial charge < -0.3 is 10.3 Å². The van der Waals surface area contributed by atoms with Crippen LogP contribution in [0.25, 0.3) is 11.0 Å². The third-order valence-electron chi connectivity index (χ3n) is 3.13. The SMILES string of the molecule is CCc1nc2ccccc2n1CCCCC(=N)N. The van der Waals surface area contributed by atoms with Gasteiger partial charge in [0.2, 0.25) is 0 Å². The zero-order valence-electron chi connectivity index (χ0n) is 10.8. The molecule has 1 aromatic carbocycles. The van der Waals surface area contributed by atoms with E-state index >= 15 is 0 Å². The van der Waals surface area contributed by atoms with E-state index in [-0.39, 0.29) is 5.84 Å². The van der Waals surface area contributed by atoms with Crippen LogP contribution in [0.1, 0.15) is 32.0 Å². The quantitative estimate of drug-likeness (QED) is 0.466. The molecule has 0 spiro atoms. The molecule has 0 saturated carbocycles. The Labute approximate surface area is 107 Å². The van der Waals surface area contributed by atoms with E-state index in [9.17, 15) is 0 Å². The average molecular weight is 244 g/mol. The number of amidine groups is 1. The maximum Gasteiger partial charge on any atom is 0.109 e. The first-order chi connectivity index (χ1) is 8.72. The van der Waals surface area contributed by atoms with Gasteiger partial charge in [-0.05, 0) is 25.0 Å². The Morgan fingerprint density at radius 3 is 2.83 bits per heavy atom. The van der Waals surface area contributed by atoms with Crippen molar-refractivity contribution >= 4 is 16.9 Å². The Morgan fingerprint density at radius 2 is 2.11 bits per heavy atom. The normalized spacial score (nSPS) is 10.9. The molecule has 0 unspecified atom stereocenters. The molecule has 18 heavy (non-hydrogen) atoms. The molecular weight excluding hydrogens is 224 g/mol. The molecule has 2 rings (SSSR count). The molecule has 96 valence electrons. The monoisotopic (exact) mass is 244 g/mol. The van der Waals surface area contributed by atoms with Crippen molar-refractivity contribution in [3.05, 3.63) is 30.1 Å². The summed E-state index contributed by atoms with van der Waals surface area (Å²) in [5, 5.41) is 7.22. The molecule has 1 heterocycles. The van der Waals surface area contributed by atoms with Crippen molar-refractivity contribution in [3.8, 4) is 0 Å². The van der Waals surface area contributed by atoms with Gasteiger partial charge in [0.05, 0.1) is 16.9 Å². The molecule has 0 fully saturated rings. The molecule has 1 aromatic heterocycles.